The predicted molar refractivity (Wildman–Crippen MR) is 369 cm³/mol. The van der Waals surface area contributed by atoms with Crippen molar-refractivity contribution in [3.05, 3.63) is 109 Å². The second-order valence-electron chi connectivity index (χ2n) is 24.9. The Labute approximate surface area is 531 Å². The fourth-order valence-corrected chi connectivity index (χ4v) is 10.6. The second-order valence-corrected chi connectivity index (χ2v) is 26.3. The summed E-state index contributed by atoms with van der Waals surface area (Å²) in [6.45, 7) is 4.07. The van der Waals surface area contributed by atoms with Gasteiger partial charge in [-0.05, 0) is 96.3 Å². The summed E-state index contributed by atoms with van der Waals surface area (Å²) in [7, 11) is 1.13. The van der Waals surface area contributed by atoms with Crippen LogP contribution in [0.1, 0.15) is 309 Å². The van der Waals surface area contributed by atoms with Crippen molar-refractivity contribution in [3.8, 4) is 0 Å². The third-order valence-electron chi connectivity index (χ3n) is 15.3. The number of rotatable bonds is 65. The van der Waals surface area contributed by atoms with Gasteiger partial charge in [0, 0.05) is 12.8 Å². The van der Waals surface area contributed by atoms with E-state index in [1.54, 1.807) is 0 Å². The van der Waals surface area contributed by atoms with Crippen LogP contribution in [0, 0.1) is 0 Å². The SMILES string of the molecule is CC/C=C\C/C=C\C/C=C\C/C=C\C/C=C\C/C=C\C/C=C\CCCC(=O)OC(COC(=O)CCCCCCCCCCCCCCCCCCCCCCCCCCCCC/C=C\C/C=C\CCCCCCC)COP(=O)([O-])OCC[N+](C)(C)C. The van der Waals surface area contributed by atoms with Crippen LogP contribution in [-0.4, -0.2) is 70.0 Å². The molecule has 0 aliphatic carbocycles. The number of unbranched alkanes of at least 4 members (excludes halogenated alkanes) is 33. The first kappa shape index (κ1) is 82.7. The normalized spacial score (nSPS) is 13.8. The van der Waals surface area contributed by atoms with Gasteiger partial charge in [0.1, 0.15) is 19.8 Å². The van der Waals surface area contributed by atoms with Crippen molar-refractivity contribution in [2.45, 2.75) is 315 Å². The Kier molecular flexibility index (Phi) is 63.5. The molecule has 2 unspecified atom stereocenters. The summed E-state index contributed by atoms with van der Waals surface area (Å²) >= 11 is 0. The van der Waals surface area contributed by atoms with Gasteiger partial charge in [-0.25, -0.2) is 0 Å². The molecule has 0 saturated heterocycles. The predicted octanol–water partition coefficient (Wildman–Crippen LogP) is 22.6. The van der Waals surface area contributed by atoms with E-state index in [-0.39, 0.29) is 26.1 Å². The summed E-state index contributed by atoms with van der Waals surface area (Å²) < 4.78 is 34.2. The van der Waals surface area contributed by atoms with Crippen molar-refractivity contribution >= 4 is 19.8 Å². The Bertz CT molecular complexity index is 1820. The van der Waals surface area contributed by atoms with E-state index in [2.05, 4.69) is 117 Å². The van der Waals surface area contributed by atoms with Crippen LogP contribution in [0.3, 0.4) is 0 Å². The van der Waals surface area contributed by atoms with Crippen molar-refractivity contribution in [1.29, 1.82) is 0 Å². The number of esters is 2. The van der Waals surface area contributed by atoms with Gasteiger partial charge in [0.2, 0.25) is 0 Å². The molecule has 0 heterocycles. The standard InChI is InChI=1S/C76H134NO8P/c1-6-8-10-12-14-16-18-20-22-24-26-28-30-31-32-33-34-35-36-37-38-39-40-41-42-43-44-45-47-48-50-52-54-56-58-60-62-64-66-68-75(78)82-72-74(73-84-86(80,81)83-71-70-77(3,4)5)85-76(79)69-67-65-63-61-59-57-55-53-51-49-46-29-27-25-23-21-19-17-15-13-11-9-7-2/h9,11,15,17-18,20-21,23-24,26-27,29,49,51,55,57,61,63,74H,6-8,10,12-14,16,19,22,25,28,30-48,50,52-54,56,58-60,62,64-73H2,1-5H3/b11-9-,17-15-,20-18-,23-21-,26-24-,29-27-,51-49-,57-55-,63-61-. The first-order valence-electron chi connectivity index (χ1n) is 35.6. The van der Waals surface area contributed by atoms with Crippen LogP contribution < -0.4 is 4.89 Å². The number of likely N-dealkylation sites (N-methyl/N-ethyl adjacent to an activating group) is 1. The molecule has 0 aliphatic rings. The molecule has 0 aromatic heterocycles. The van der Waals surface area contributed by atoms with Crippen molar-refractivity contribution in [1.82, 2.24) is 0 Å². The monoisotopic (exact) mass is 1220 g/mol. The zero-order valence-electron chi connectivity index (χ0n) is 56.5. The van der Waals surface area contributed by atoms with E-state index in [0.29, 0.717) is 23.9 Å². The van der Waals surface area contributed by atoms with Gasteiger partial charge >= 0.3 is 11.9 Å². The van der Waals surface area contributed by atoms with Gasteiger partial charge in [-0.2, -0.15) is 0 Å². The molecule has 496 valence electrons. The Hall–Kier alpha value is -3.33. The number of carbonyl (C=O) groups excluding carboxylic acids is 2. The number of hydrogen-bond acceptors (Lipinski definition) is 8. The number of hydrogen-bond donors (Lipinski definition) is 0. The minimum Gasteiger partial charge on any atom is -0.756 e. The molecule has 0 radical (unpaired) electrons. The number of phosphoric acid groups is 1. The lowest BCUT2D eigenvalue weighted by Crippen LogP contribution is -2.37. The zero-order valence-corrected chi connectivity index (χ0v) is 57.4. The van der Waals surface area contributed by atoms with Crippen LogP contribution in [0.5, 0.6) is 0 Å². The van der Waals surface area contributed by atoms with Crippen LogP contribution in [-0.2, 0) is 32.7 Å². The number of nitrogens with zero attached hydrogens (tertiary/aromatic N) is 1. The number of ether oxygens (including phenoxy) is 2. The van der Waals surface area contributed by atoms with Crippen molar-refractivity contribution in [2.75, 3.05) is 47.5 Å². The lowest BCUT2D eigenvalue weighted by atomic mass is 10.0. The summed E-state index contributed by atoms with van der Waals surface area (Å²) in [6, 6.07) is 0. The third kappa shape index (κ3) is 69.8. The van der Waals surface area contributed by atoms with E-state index in [9.17, 15) is 19.0 Å². The van der Waals surface area contributed by atoms with Gasteiger partial charge < -0.3 is 27.9 Å². The maximum atomic E-state index is 12.8. The van der Waals surface area contributed by atoms with Gasteiger partial charge in [-0.15, -0.1) is 0 Å². The number of allylic oxidation sites excluding steroid dienone is 18. The highest BCUT2D eigenvalue weighted by atomic mass is 31.2. The largest absolute Gasteiger partial charge is 0.756 e. The van der Waals surface area contributed by atoms with Gasteiger partial charge in [0.25, 0.3) is 7.82 Å². The zero-order chi connectivity index (χ0) is 62.6. The molecular weight excluding hydrogens is 1090 g/mol. The van der Waals surface area contributed by atoms with Gasteiger partial charge in [0.15, 0.2) is 6.10 Å². The first-order chi connectivity index (χ1) is 42.0. The molecule has 0 aromatic carbocycles. The molecule has 2 atom stereocenters. The number of quaternary nitrogens is 1. The van der Waals surface area contributed by atoms with Gasteiger partial charge in [0.05, 0.1) is 27.7 Å². The molecule has 0 rings (SSSR count). The van der Waals surface area contributed by atoms with E-state index in [0.717, 1.165) is 70.6 Å². The van der Waals surface area contributed by atoms with E-state index in [1.807, 2.05) is 27.2 Å². The van der Waals surface area contributed by atoms with E-state index in [1.165, 1.54) is 199 Å². The van der Waals surface area contributed by atoms with Crippen LogP contribution in [0.15, 0.2) is 109 Å². The Morgan fingerprint density at radius 2 is 0.674 bits per heavy atom. The maximum absolute atomic E-state index is 12.8. The summed E-state index contributed by atoms with van der Waals surface area (Å²) in [6.07, 6.45) is 93.5. The molecule has 86 heavy (non-hydrogen) atoms. The van der Waals surface area contributed by atoms with Crippen molar-refractivity contribution in [2.24, 2.45) is 0 Å². The van der Waals surface area contributed by atoms with Gasteiger partial charge in [-0.3, -0.25) is 14.2 Å². The van der Waals surface area contributed by atoms with E-state index in [4.69, 9.17) is 18.5 Å². The quantitative estimate of drug-likeness (QED) is 0.0195. The lowest BCUT2D eigenvalue weighted by molar-refractivity contribution is -0.870. The second kappa shape index (κ2) is 66.1. The molecular formula is C76H134NO8P. The summed E-state index contributed by atoms with van der Waals surface area (Å²) in [5.41, 5.74) is 0. The first-order valence-corrected chi connectivity index (χ1v) is 37.1. The number of phosphoric ester groups is 1. The number of carbonyl (C=O) groups is 2. The highest BCUT2D eigenvalue weighted by molar-refractivity contribution is 7.45. The molecule has 0 N–H and O–H groups in total. The van der Waals surface area contributed by atoms with Crippen molar-refractivity contribution in [3.63, 3.8) is 0 Å². The molecule has 10 heteroatoms. The Balaban J connectivity index is 4.00. The molecule has 9 nitrogen and oxygen atoms in total. The molecule has 0 aromatic rings. The Morgan fingerprint density at radius 1 is 0.372 bits per heavy atom. The molecule has 0 bridgehead atoms. The minimum atomic E-state index is -4.66. The van der Waals surface area contributed by atoms with E-state index >= 15 is 0 Å². The molecule has 0 amide bonds. The summed E-state index contributed by atoms with van der Waals surface area (Å²) in [4.78, 5) is 38.0. The van der Waals surface area contributed by atoms with Crippen molar-refractivity contribution < 1.29 is 42.1 Å². The average Bonchev–Trinajstić information content (AvgIpc) is 3.56. The van der Waals surface area contributed by atoms with Crippen LogP contribution in [0.2, 0.25) is 0 Å². The lowest BCUT2D eigenvalue weighted by Gasteiger charge is -2.28. The Morgan fingerprint density at radius 3 is 1.02 bits per heavy atom. The molecule has 0 spiro atoms. The molecule has 0 fully saturated rings. The minimum absolute atomic E-state index is 0.0457. The maximum Gasteiger partial charge on any atom is 0.306 e. The van der Waals surface area contributed by atoms with E-state index < -0.39 is 32.5 Å². The smallest absolute Gasteiger partial charge is 0.306 e. The highest BCUT2D eigenvalue weighted by Gasteiger charge is 2.22. The van der Waals surface area contributed by atoms with Gasteiger partial charge in [-0.1, -0.05) is 309 Å². The average molecular weight is 1220 g/mol. The third-order valence-corrected chi connectivity index (χ3v) is 16.2. The summed E-state index contributed by atoms with van der Waals surface area (Å²) in [5, 5.41) is 0. The molecule has 0 aliphatic heterocycles. The fraction of sp³-hybridized carbons (Fsp3) is 0.737. The fourth-order valence-electron chi connectivity index (χ4n) is 9.86. The summed E-state index contributed by atoms with van der Waals surface area (Å²) in [5.74, 6) is -0.899. The molecule has 0 saturated carbocycles. The topological polar surface area (TPSA) is 111 Å². The van der Waals surface area contributed by atoms with Crippen LogP contribution >= 0.6 is 7.82 Å². The van der Waals surface area contributed by atoms with Crippen LogP contribution in [0.4, 0.5) is 0 Å². The highest BCUT2D eigenvalue weighted by Crippen LogP contribution is 2.38. The van der Waals surface area contributed by atoms with Crippen LogP contribution in [0.25, 0.3) is 0 Å².